The lowest BCUT2D eigenvalue weighted by molar-refractivity contribution is -0.171. The highest BCUT2D eigenvalue weighted by atomic mass is 35.5. The molecule has 0 spiro atoms. The Labute approximate surface area is 159 Å². The van der Waals surface area contributed by atoms with Gasteiger partial charge in [0.15, 0.2) is 6.61 Å². The minimum Gasteiger partial charge on any atom is -0.455 e. The van der Waals surface area contributed by atoms with Gasteiger partial charge in [-0.05, 0) is 75.3 Å². The summed E-state index contributed by atoms with van der Waals surface area (Å²) in [5.74, 6) is 0.545. The molecule has 1 N–H and O–H groups in total. The maximum Gasteiger partial charge on any atom is 0.312 e. The SMILES string of the molecule is Cc1cccc(C)c1NC(=O)COC(=O)C12C[C@@H]3C[C@@H](CC(Cl)(C3)C1)C2. The van der Waals surface area contributed by atoms with Crippen molar-refractivity contribution >= 4 is 29.2 Å². The van der Waals surface area contributed by atoms with Crippen LogP contribution in [-0.2, 0) is 14.3 Å². The van der Waals surface area contributed by atoms with Crippen molar-refractivity contribution in [3.63, 3.8) is 0 Å². The smallest absolute Gasteiger partial charge is 0.312 e. The summed E-state index contributed by atoms with van der Waals surface area (Å²) in [5, 5.41) is 2.87. The number of alkyl halides is 1. The fourth-order valence-corrected chi connectivity index (χ4v) is 6.55. The van der Waals surface area contributed by atoms with Crippen molar-refractivity contribution in [2.75, 3.05) is 11.9 Å². The number of aryl methyl sites for hydroxylation is 2. The Kier molecular flexibility index (Phi) is 4.30. The zero-order valence-electron chi connectivity index (χ0n) is 15.4. The molecule has 140 valence electrons. The molecule has 4 fully saturated rings. The van der Waals surface area contributed by atoms with Crippen LogP contribution in [-0.4, -0.2) is 23.4 Å². The summed E-state index contributed by atoms with van der Waals surface area (Å²) in [5.41, 5.74) is 2.32. The van der Waals surface area contributed by atoms with E-state index >= 15 is 0 Å². The fourth-order valence-electron chi connectivity index (χ4n) is 5.86. The maximum atomic E-state index is 12.9. The molecule has 4 aliphatic carbocycles. The number of hydrogen-bond donors (Lipinski definition) is 1. The van der Waals surface area contributed by atoms with Crippen LogP contribution < -0.4 is 5.32 Å². The van der Waals surface area contributed by atoms with Crippen molar-refractivity contribution in [3.05, 3.63) is 29.3 Å². The first-order valence-corrected chi connectivity index (χ1v) is 9.89. The lowest BCUT2D eigenvalue weighted by Crippen LogP contribution is -2.56. The predicted octanol–water partition coefficient (Wildman–Crippen LogP) is 4.36. The lowest BCUT2D eigenvalue weighted by Gasteiger charge is -2.58. The van der Waals surface area contributed by atoms with Crippen molar-refractivity contribution in [2.24, 2.45) is 17.3 Å². The normalized spacial score (nSPS) is 34.6. The van der Waals surface area contributed by atoms with E-state index in [0.717, 1.165) is 42.5 Å². The van der Waals surface area contributed by atoms with Crippen LogP contribution in [0.4, 0.5) is 5.69 Å². The van der Waals surface area contributed by atoms with Gasteiger partial charge in [0, 0.05) is 10.6 Å². The Bertz CT molecular complexity index is 725. The van der Waals surface area contributed by atoms with Crippen LogP contribution in [0, 0.1) is 31.1 Å². The Morgan fingerprint density at radius 1 is 1.15 bits per heavy atom. The average molecular weight is 376 g/mol. The zero-order valence-corrected chi connectivity index (χ0v) is 16.2. The lowest BCUT2D eigenvalue weighted by atomic mass is 9.49. The van der Waals surface area contributed by atoms with Crippen LogP contribution in [0.25, 0.3) is 0 Å². The summed E-state index contributed by atoms with van der Waals surface area (Å²) in [6, 6.07) is 5.85. The maximum absolute atomic E-state index is 12.9. The molecule has 0 heterocycles. The van der Waals surface area contributed by atoms with Crippen LogP contribution in [0.5, 0.6) is 0 Å². The van der Waals surface area contributed by atoms with E-state index in [1.54, 1.807) is 0 Å². The van der Waals surface area contributed by atoms with Crippen LogP contribution in [0.3, 0.4) is 0 Å². The number of rotatable bonds is 4. The number of benzene rings is 1. The number of para-hydroxylation sites is 1. The monoisotopic (exact) mass is 375 g/mol. The highest BCUT2D eigenvalue weighted by molar-refractivity contribution is 6.24. The molecule has 0 saturated heterocycles. The van der Waals surface area contributed by atoms with E-state index < -0.39 is 5.41 Å². The molecule has 4 nitrogen and oxygen atoms in total. The quantitative estimate of drug-likeness (QED) is 0.628. The molecule has 1 aromatic rings. The summed E-state index contributed by atoms with van der Waals surface area (Å²) in [6.45, 7) is 3.66. The summed E-state index contributed by atoms with van der Waals surface area (Å²) < 4.78 is 5.48. The van der Waals surface area contributed by atoms with Gasteiger partial charge in [-0.3, -0.25) is 9.59 Å². The van der Waals surface area contributed by atoms with Crippen LogP contribution in [0.2, 0.25) is 0 Å². The van der Waals surface area contributed by atoms with Crippen LogP contribution >= 0.6 is 11.6 Å². The minimum atomic E-state index is -0.468. The fraction of sp³-hybridized carbons (Fsp3) is 0.619. The van der Waals surface area contributed by atoms with Gasteiger partial charge >= 0.3 is 5.97 Å². The van der Waals surface area contributed by atoms with Crippen LogP contribution in [0.1, 0.15) is 49.7 Å². The largest absolute Gasteiger partial charge is 0.455 e. The van der Waals surface area contributed by atoms with Gasteiger partial charge in [-0.15, -0.1) is 11.6 Å². The van der Waals surface area contributed by atoms with Crippen molar-refractivity contribution in [2.45, 2.75) is 57.2 Å². The first-order valence-electron chi connectivity index (χ1n) is 9.51. The molecule has 5 heteroatoms. The molecule has 1 amide bonds. The Hall–Kier alpha value is -1.55. The summed E-state index contributed by atoms with van der Waals surface area (Å²) >= 11 is 6.78. The van der Waals surface area contributed by atoms with Gasteiger partial charge in [-0.2, -0.15) is 0 Å². The second kappa shape index (κ2) is 6.26. The topological polar surface area (TPSA) is 55.4 Å². The molecule has 0 radical (unpaired) electrons. The van der Waals surface area contributed by atoms with Gasteiger partial charge < -0.3 is 10.1 Å². The molecule has 5 rings (SSSR count). The third-order valence-corrected chi connectivity index (χ3v) is 6.94. The summed E-state index contributed by atoms with van der Waals surface area (Å²) in [6.07, 6.45) is 5.67. The van der Waals surface area contributed by atoms with Gasteiger partial charge in [0.05, 0.1) is 5.41 Å². The molecule has 4 aliphatic rings. The Morgan fingerprint density at radius 2 is 1.77 bits per heavy atom. The second-order valence-electron chi connectivity index (χ2n) is 8.78. The second-order valence-corrected chi connectivity index (χ2v) is 9.59. The molecule has 4 saturated carbocycles. The predicted molar refractivity (Wildman–Crippen MR) is 101 cm³/mol. The number of carbonyl (C=O) groups excluding carboxylic acids is 2. The van der Waals surface area contributed by atoms with E-state index in [-0.39, 0.29) is 23.4 Å². The first kappa shape index (κ1) is 17.8. The zero-order chi connectivity index (χ0) is 18.5. The number of halogens is 1. The first-order chi connectivity index (χ1) is 12.3. The van der Waals surface area contributed by atoms with Gasteiger partial charge in [0.25, 0.3) is 5.91 Å². The average Bonchev–Trinajstić information content (AvgIpc) is 2.54. The number of nitrogens with one attached hydrogen (secondary N) is 1. The van der Waals surface area contributed by atoms with E-state index in [9.17, 15) is 9.59 Å². The molecule has 2 unspecified atom stereocenters. The minimum absolute atomic E-state index is 0.228. The number of hydrogen-bond acceptors (Lipinski definition) is 3. The standard InChI is InChI=1S/C21H26ClNO3/c1-13-4-3-5-14(2)18(13)23-17(24)11-26-19(25)20-7-15-6-16(8-20)10-21(22,9-15)12-20/h3-5,15-16H,6-12H2,1-2H3,(H,23,24)/t15-,16+,20?,21?. The Morgan fingerprint density at radius 3 is 2.35 bits per heavy atom. The number of amides is 1. The van der Waals surface area contributed by atoms with E-state index in [2.05, 4.69) is 5.32 Å². The molecular formula is C21H26ClNO3. The number of ether oxygens (including phenoxy) is 1. The van der Waals surface area contributed by atoms with Gasteiger partial charge in [-0.1, -0.05) is 18.2 Å². The third-order valence-electron chi connectivity index (χ3n) is 6.50. The molecule has 0 aromatic heterocycles. The number of esters is 1. The molecule has 4 bridgehead atoms. The number of anilines is 1. The Balaban J connectivity index is 1.39. The molecular weight excluding hydrogens is 350 g/mol. The van der Waals surface area contributed by atoms with Gasteiger partial charge in [-0.25, -0.2) is 0 Å². The van der Waals surface area contributed by atoms with Crippen LogP contribution in [0.15, 0.2) is 18.2 Å². The van der Waals surface area contributed by atoms with E-state index in [0.29, 0.717) is 18.3 Å². The van der Waals surface area contributed by atoms with E-state index in [4.69, 9.17) is 16.3 Å². The molecule has 4 atom stereocenters. The van der Waals surface area contributed by atoms with Crippen molar-refractivity contribution in [3.8, 4) is 0 Å². The molecule has 0 aliphatic heterocycles. The third kappa shape index (κ3) is 3.13. The highest BCUT2D eigenvalue weighted by Crippen LogP contribution is 2.64. The van der Waals surface area contributed by atoms with Crippen molar-refractivity contribution in [1.29, 1.82) is 0 Å². The number of carbonyl (C=O) groups is 2. The van der Waals surface area contributed by atoms with E-state index in [1.807, 2.05) is 32.0 Å². The van der Waals surface area contributed by atoms with Crippen molar-refractivity contribution in [1.82, 2.24) is 0 Å². The molecule has 1 aromatic carbocycles. The van der Waals surface area contributed by atoms with Crippen molar-refractivity contribution < 1.29 is 14.3 Å². The van der Waals surface area contributed by atoms with Gasteiger partial charge in [0.1, 0.15) is 0 Å². The summed E-state index contributed by atoms with van der Waals surface area (Å²) in [7, 11) is 0. The summed E-state index contributed by atoms with van der Waals surface area (Å²) in [4.78, 5) is 24.9. The molecule has 26 heavy (non-hydrogen) atoms. The highest BCUT2D eigenvalue weighted by Gasteiger charge is 2.60. The van der Waals surface area contributed by atoms with E-state index in [1.165, 1.54) is 6.42 Å². The van der Waals surface area contributed by atoms with Gasteiger partial charge in [0.2, 0.25) is 0 Å².